The topological polar surface area (TPSA) is 58.2 Å². The van der Waals surface area contributed by atoms with Gasteiger partial charge in [0.15, 0.2) is 0 Å². The third kappa shape index (κ3) is 4.37. The number of hydrogen-bond donors (Lipinski definition) is 2. The third-order valence-corrected chi connectivity index (χ3v) is 6.47. The summed E-state index contributed by atoms with van der Waals surface area (Å²) >= 11 is 9.13. The highest BCUT2D eigenvalue weighted by atomic mass is 35.5. The standard InChI is InChI=1S/C18H19ClN2O2S2/c1-24-12-7-8-14(19)13(10-12)17(22)20-21-18(23)16-9-11-5-3-2-4-6-15(11)25-16/h7-10H,2-6H2,1H3,(H,20,22)(H,21,23). The fourth-order valence-corrected chi connectivity index (χ4v) is 4.62. The molecule has 0 atom stereocenters. The molecule has 0 bridgehead atoms. The van der Waals surface area contributed by atoms with Gasteiger partial charge in [-0.2, -0.15) is 0 Å². The predicted molar refractivity (Wildman–Crippen MR) is 104 cm³/mol. The van der Waals surface area contributed by atoms with E-state index >= 15 is 0 Å². The number of thioether (sulfide) groups is 1. The number of amides is 2. The molecule has 3 rings (SSSR count). The Morgan fingerprint density at radius 2 is 1.84 bits per heavy atom. The number of hydrogen-bond acceptors (Lipinski definition) is 4. The molecule has 0 spiro atoms. The zero-order valence-electron chi connectivity index (χ0n) is 13.9. The van der Waals surface area contributed by atoms with E-state index in [0.29, 0.717) is 15.5 Å². The first-order valence-corrected chi connectivity index (χ1v) is 10.6. The van der Waals surface area contributed by atoms with Crippen LogP contribution < -0.4 is 10.9 Å². The summed E-state index contributed by atoms with van der Waals surface area (Å²) in [5.74, 6) is -0.712. The van der Waals surface area contributed by atoms with Crippen molar-refractivity contribution in [2.75, 3.05) is 6.26 Å². The normalized spacial score (nSPS) is 13.7. The molecule has 0 unspecified atom stereocenters. The van der Waals surface area contributed by atoms with E-state index in [-0.39, 0.29) is 5.91 Å². The molecular formula is C18H19ClN2O2S2. The number of aryl methyl sites for hydroxylation is 2. The van der Waals surface area contributed by atoms with Crippen molar-refractivity contribution in [1.29, 1.82) is 0 Å². The number of halogens is 1. The van der Waals surface area contributed by atoms with Gasteiger partial charge in [-0.15, -0.1) is 23.1 Å². The molecule has 1 aliphatic rings. The van der Waals surface area contributed by atoms with E-state index in [1.807, 2.05) is 18.4 Å². The summed E-state index contributed by atoms with van der Waals surface area (Å²) in [6, 6.07) is 7.19. The first-order chi connectivity index (χ1) is 12.1. The summed E-state index contributed by atoms with van der Waals surface area (Å²) in [6.07, 6.45) is 7.59. The van der Waals surface area contributed by atoms with Crippen LogP contribution in [0.25, 0.3) is 0 Å². The van der Waals surface area contributed by atoms with E-state index in [9.17, 15) is 9.59 Å². The van der Waals surface area contributed by atoms with Crippen LogP contribution in [0, 0.1) is 0 Å². The number of hydrazine groups is 1. The molecule has 1 aromatic carbocycles. The van der Waals surface area contributed by atoms with Crippen LogP contribution in [0.4, 0.5) is 0 Å². The van der Waals surface area contributed by atoms with Gasteiger partial charge in [0.05, 0.1) is 15.5 Å². The van der Waals surface area contributed by atoms with Crippen LogP contribution in [0.1, 0.15) is 49.7 Å². The van der Waals surface area contributed by atoms with Crippen LogP contribution in [-0.2, 0) is 12.8 Å². The predicted octanol–water partition coefficient (Wildman–Crippen LogP) is 4.47. The second kappa shape index (κ2) is 8.25. The zero-order valence-corrected chi connectivity index (χ0v) is 16.2. The summed E-state index contributed by atoms with van der Waals surface area (Å²) in [4.78, 5) is 27.5. The average molecular weight is 395 g/mol. The van der Waals surface area contributed by atoms with E-state index in [1.165, 1.54) is 52.8 Å². The Morgan fingerprint density at radius 1 is 1.08 bits per heavy atom. The lowest BCUT2D eigenvalue weighted by Crippen LogP contribution is -2.41. The van der Waals surface area contributed by atoms with Crippen LogP contribution in [0.5, 0.6) is 0 Å². The minimum absolute atomic E-state index is 0.288. The van der Waals surface area contributed by atoms with Gasteiger partial charge in [0.1, 0.15) is 0 Å². The fourth-order valence-electron chi connectivity index (χ4n) is 2.83. The number of carbonyl (C=O) groups is 2. The smallest absolute Gasteiger partial charge is 0.267 e. The van der Waals surface area contributed by atoms with Gasteiger partial charge in [0.2, 0.25) is 0 Å². The number of thiophene rings is 1. The van der Waals surface area contributed by atoms with Gasteiger partial charge in [0.25, 0.3) is 11.8 Å². The van der Waals surface area contributed by atoms with Crippen LogP contribution in [0.15, 0.2) is 29.2 Å². The average Bonchev–Trinajstić information content (AvgIpc) is 2.90. The Bertz CT molecular complexity index is 781. The van der Waals surface area contributed by atoms with E-state index in [4.69, 9.17) is 11.6 Å². The second-order valence-corrected chi connectivity index (χ2v) is 8.30. The van der Waals surface area contributed by atoms with Gasteiger partial charge in [-0.05, 0) is 61.8 Å². The summed E-state index contributed by atoms with van der Waals surface area (Å²) in [6.45, 7) is 0. The molecule has 4 nitrogen and oxygen atoms in total. The van der Waals surface area contributed by atoms with Gasteiger partial charge in [-0.3, -0.25) is 20.4 Å². The minimum atomic E-state index is -0.424. The highest BCUT2D eigenvalue weighted by Gasteiger charge is 2.18. The van der Waals surface area contributed by atoms with Crippen molar-refractivity contribution >= 4 is 46.5 Å². The summed E-state index contributed by atoms with van der Waals surface area (Å²) < 4.78 is 0. The van der Waals surface area contributed by atoms with Crippen LogP contribution in [0.3, 0.4) is 0 Å². The van der Waals surface area contributed by atoms with Gasteiger partial charge >= 0.3 is 0 Å². The monoisotopic (exact) mass is 394 g/mol. The Kier molecular flexibility index (Phi) is 6.04. The lowest BCUT2D eigenvalue weighted by atomic mass is 10.1. The molecule has 0 saturated carbocycles. The molecule has 7 heteroatoms. The molecule has 1 aromatic heterocycles. The molecule has 0 radical (unpaired) electrons. The van der Waals surface area contributed by atoms with E-state index in [2.05, 4.69) is 10.9 Å². The van der Waals surface area contributed by atoms with Gasteiger partial charge in [0, 0.05) is 9.77 Å². The maximum absolute atomic E-state index is 12.3. The lowest BCUT2D eigenvalue weighted by molar-refractivity contribution is 0.0849. The molecule has 0 fully saturated rings. The largest absolute Gasteiger partial charge is 0.279 e. The highest BCUT2D eigenvalue weighted by Crippen LogP contribution is 2.29. The fraction of sp³-hybridized carbons (Fsp3) is 0.333. The van der Waals surface area contributed by atoms with Gasteiger partial charge in [-0.1, -0.05) is 18.0 Å². The minimum Gasteiger partial charge on any atom is -0.267 e. The zero-order chi connectivity index (χ0) is 17.8. The van der Waals surface area contributed by atoms with Crippen molar-refractivity contribution in [3.63, 3.8) is 0 Å². The number of carbonyl (C=O) groups excluding carboxylic acids is 2. The molecule has 2 amide bonds. The molecule has 2 aromatic rings. The van der Waals surface area contributed by atoms with Crippen molar-refractivity contribution < 1.29 is 9.59 Å². The van der Waals surface area contributed by atoms with E-state index < -0.39 is 5.91 Å². The Labute approximate surface area is 160 Å². The van der Waals surface area contributed by atoms with E-state index in [1.54, 1.807) is 12.1 Å². The molecule has 25 heavy (non-hydrogen) atoms. The first kappa shape index (κ1) is 18.3. The number of fused-ring (bicyclic) bond motifs is 1. The molecule has 2 N–H and O–H groups in total. The summed E-state index contributed by atoms with van der Waals surface area (Å²) in [7, 11) is 0. The number of benzene rings is 1. The van der Waals surface area contributed by atoms with Crippen molar-refractivity contribution in [3.8, 4) is 0 Å². The maximum atomic E-state index is 12.3. The summed E-state index contributed by atoms with van der Waals surface area (Å²) in [5, 5.41) is 0.354. The van der Waals surface area contributed by atoms with Crippen LogP contribution >= 0.6 is 34.7 Å². The van der Waals surface area contributed by atoms with Gasteiger partial charge < -0.3 is 0 Å². The molecular weight excluding hydrogens is 376 g/mol. The van der Waals surface area contributed by atoms with Crippen molar-refractivity contribution in [3.05, 3.63) is 50.2 Å². The van der Waals surface area contributed by atoms with Crippen molar-refractivity contribution in [2.45, 2.75) is 37.0 Å². The van der Waals surface area contributed by atoms with E-state index in [0.717, 1.165) is 17.7 Å². The number of rotatable bonds is 3. The Hall–Kier alpha value is -1.50. The molecule has 0 aliphatic heterocycles. The molecule has 1 heterocycles. The van der Waals surface area contributed by atoms with Crippen molar-refractivity contribution in [1.82, 2.24) is 10.9 Å². The quantitative estimate of drug-likeness (QED) is 0.458. The number of nitrogens with one attached hydrogen (secondary N) is 2. The van der Waals surface area contributed by atoms with Gasteiger partial charge in [-0.25, -0.2) is 0 Å². The molecule has 0 saturated heterocycles. The SMILES string of the molecule is CSc1ccc(Cl)c(C(=O)NNC(=O)c2cc3c(s2)CCCCC3)c1. The molecule has 1 aliphatic carbocycles. The first-order valence-electron chi connectivity index (χ1n) is 8.14. The third-order valence-electron chi connectivity index (χ3n) is 4.18. The van der Waals surface area contributed by atoms with Crippen molar-refractivity contribution in [2.24, 2.45) is 0 Å². The maximum Gasteiger partial charge on any atom is 0.279 e. The Balaban J connectivity index is 1.65. The highest BCUT2D eigenvalue weighted by molar-refractivity contribution is 7.98. The second-order valence-electron chi connectivity index (χ2n) is 5.87. The lowest BCUT2D eigenvalue weighted by Gasteiger charge is -2.08. The van der Waals surface area contributed by atoms with Crippen LogP contribution in [-0.4, -0.2) is 18.1 Å². The Morgan fingerprint density at radius 3 is 2.64 bits per heavy atom. The summed E-state index contributed by atoms with van der Waals surface area (Å²) in [5.41, 5.74) is 6.57. The van der Waals surface area contributed by atoms with Crippen LogP contribution in [0.2, 0.25) is 5.02 Å². The molecule has 132 valence electrons.